The van der Waals surface area contributed by atoms with Gasteiger partial charge in [0, 0.05) is 10.6 Å². The number of nitrogens with zero attached hydrogens (tertiary/aromatic N) is 1. The smallest absolute Gasteiger partial charge is 0.345 e. The van der Waals surface area contributed by atoms with Crippen LogP contribution in [-0.4, -0.2) is 40.8 Å². The maximum Gasteiger partial charge on any atom is 0.345 e. The van der Waals surface area contributed by atoms with Crippen LogP contribution in [0.3, 0.4) is 0 Å². The standard InChI is InChI=1S/C20H18ClN3O5/c1-28-18-8-12(4-7-17(18)29-19(26)14(22)10-25)16-9-15(23-20(27)24-16)11-2-5-13(21)6-3-11/h2-9,14,25H,10,22H2,1H3,(H,23,24,27)/t14-/m1/s1. The number of hydrogen-bond acceptors (Lipinski definition) is 7. The molecule has 1 aromatic heterocycles. The van der Waals surface area contributed by atoms with Crippen molar-refractivity contribution in [1.82, 2.24) is 9.97 Å². The number of aromatic amines is 1. The fourth-order valence-corrected chi connectivity index (χ4v) is 2.69. The molecule has 1 heterocycles. The molecule has 0 bridgehead atoms. The molecule has 0 fully saturated rings. The maximum atomic E-state index is 12.1. The van der Waals surface area contributed by atoms with Crippen LogP contribution in [0.1, 0.15) is 0 Å². The third-order valence-electron chi connectivity index (χ3n) is 4.07. The van der Waals surface area contributed by atoms with Gasteiger partial charge < -0.3 is 25.3 Å². The summed E-state index contributed by atoms with van der Waals surface area (Å²) in [4.78, 5) is 30.6. The van der Waals surface area contributed by atoms with E-state index in [4.69, 9.17) is 31.9 Å². The largest absolute Gasteiger partial charge is 0.493 e. The number of methoxy groups -OCH3 is 1. The topological polar surface area (TPSA) is 128 Å². The van der Waals surface area contributed by atoms with E-state index in [1.54, 1.807) is 42.5 Å². The number of carbonyl (C=O) groups excluding carboxylic acids is 1. The molecule has 0 spiro atoms. The lowest BCUT2D eigenvalue weighted by Crippen LogP contribution is -2.37. The lowest BCUT2D eigenvalue weighted by atomic mass is 10.1. The van der Waals surface area contributed by atoms with Gasteiger partial charge in [0.15, 0.2) is 11.5 Å². The minimum atomic E-state index is -1.16. The van der Waals surface area contributed by atoms with Crippen LogP contribution in [0.15, 0.2) is 53.3 Å². The molecule has 0 aliphatic heterocycles. The van der Waals surface area contributed by atoms with E-state index in [0.717, 1.165) is 5.56 Å². The van der Waals surface area contributed by atoms with Gasteiger partial charge in [-0.1, -0.05) is 23.7 Å². The molecule has 0 aliphatic rings. The first-order valence-corrected chi connectivity index (χ1v) is 8.93. The molecule has 1 atom stereocenters. The molecule has 0 saturated heterocycles. The molecule has 150 valence electrons. The van der Waals surface area contributed by atoms with Crippen LogP contribution in [0.4, 0.5) is 0 Å². The molecule has 9 heteroatoms. The molecule has 29 heavy (non-hydrogen) atoms. The van der Waals surface area contributed by atoms with Gasteiger partial charge >= 0.3 is 11.7 Å². The van der Waals surface area contributed by atoms with Crippen molar-refractivity contribution in [1.29, 1.82) is 0 Å². The zero-order valence-electron chi connectivity index (χ0n) is 15.4. The predicted octanol–water partition coefficient (Wildman–Crippen LogP) is 1.99. The molecular weight excluding hydrogens is 398 g/mol. The van der Waals surface area contributed by atoms with Crippen molar-refractivity contribution in [2.75, 3.05) is 13.7 Å². The second-order valence-electron chi connectivity index (χ2n) is 6.07. The van der Waals surface area contributed by atoms with Crippen LogP contribution in [0.25, 0.3) is 22.5 Å². The van der Waals surface area contributed by atoms with Crippen LogP contribution < -0.4 is 20.9 Å². The van der Waals surface area contributed by atoms with Crippen molar-refractivity contribution in [3.05, 3.63) is 64.0 Å². The Labute approximate surface area is 170 Å². The van der Waals surface area contributed by atoms with E-state index in [1.807, 2.05) is 0 Å². The number of aliphatic hydroxyl groups is 1. The average molecular weight is 416 g/mol. The second kappa shape index (κ2) is 8.87. The zero-order chi connectivity index (χ0) is 21.0. The van der Waals surface area contributed by atoms with Crippen molar-refractivity contribution < 1.29 is 19.4 Å². The fourth-order valence-electron chi connectivity index (χ4n) is 2.56. The number of ether oxygens (including phenoxy) is 2. The van der Waals surface area contributed by atoms with Gasteiger partial charge in [-0.15, -0.1) is 0 Å². The number of aromatic nitrogens is 2. The summed E-state index contributed by atoms with van der Waals surface area (Å²) >= 11 is 5.91. The highest BCUT2D eigenvalue weighted by Gasteiger charge is 2.18. The van der Waals surface area contributed by atoms with Crippen LogP contribution >= 0.6 is 11.6 Å². The second-order valence-corrected chi connectivity index (χ2v) is 6.50. The van der Waals surface area contributed by atoms with Crippen LogP contribution in [0, 0.1) is 0 Å². The summed E-state index contributed by atoms with van der Waals surface area (Å²) in [6, 6.07) is 12.3. The molecule has 0 amide bonds. The number of carbonyl (C=O) groups is 1. The van der Waals surface area contributed by atoms with Gasteiger partial charge in [-0.25, -0.2) is 9.59 Å². The number of esters is 1. The van der Waals surface area contributed by atoms with Crippen molar-refractivity contribution >= 4 is 17.6 Å². The number of H-pyrrole nitrogens is 1. The van der Waals surface area contributed by atoms with Gasteiger partial charge in [0.2, 0.25) is 0 Å². The minimum absolute atomic E-state index is 0.132. The number of halogens is 1. The Hall–Kier alpha value is -3.20. The van der Waals surface area contributed by atoms with Gasteiger partial charge in [-0.05, 0) is 42.0 Å². The summed E-state index contributed by atoms with van der Waals surface area (Å²) in [5.41, 5.74) is 7.26. The monoisotopic (exact) mass is 415 g/mol. The Balaban J connectivity index is 1.97. The lowest BCUT2D eigenvalue weighted by Gasteiger charge is -2.13. The number of hydrogen-bond donors (Lipinski definition) is 3. The highest BCUT2D eigenvalue weighted by atomic mass is 35.5. The van der Waals surface area contributed by atoms with E-state index in [9.17, 15) is 9.59 Å². The van der Waals surface area contributed by atoms with Gasteiger partial charge in [0.25, 0.3) is 0 Å². The lowest BCUT2D eigenvalue weighted by molar-refractivity contribution is -0.136. The molecule has 8 nitrogen and oxygen atoms in total. The Bertz CT molecular complexity index is 1080. The fraction of sp³-hybridized carbons (Fsp3) is 0.150. The SMILES string of the molecule is COc1cc(-c2cc(-c3ccc(Cl)cc3)[nH]c(=O)n2)ccc1OC(=O)[C@H](N)CO. The number of nitrogens with one attached hydrogen (secondary N) is 1. The highest BCUT2D eigenvalue weighted by molar-refractivity contribution is 6.30. The first-order valence-electron chi connectivity index (χ1n) is 8.55. The van der Waals surface area contributed by atoms with E-state index in [-0.39, 0.29) is 11.5 Å². The minimum Gasteiger partial charge on any atom is -0.493 e. The Kier molecular flexibility index (Phi) is 6.28. The molecule has 0 saturated carbocycles. The third kappa shape index (κ3) is 4.80. The van der Waals surface area contributed by atoms with E-state index < -0.39 is 24.3 Å². The summed E-state index contributed by atoms with van der Waals surface area (Å²) in [5.74, 6) is -0.415. The predicted molar refractivity (Wildman–Crippen MR) is 108 cm³/mol. The Morgan fingerprint density at radius 1 is 1.17 bits per heavy atom. The summed E-state index contributed by atoms with van der Waals surface area (Å²) in [6.07, 6.45) is 0. The molecule has 3 rings (SSSR count). The van der Waals surface area contributed by atoms with Crippen LogP contribution in [-0.2, 0) is 4.79 Å². The Morgan fingerprint density at radius 2 is 1.86 bits per heavy atom. The first kappa shape index (κ1) is 20.5. The summed E-state index contributed by atoms with van der Waals surface area (Å²) in [5, 5.41) is 9.54. The number of nitrogens with two attached hydrogens (primary N) is 1. The molecular formula is C20H18ClN3O5. The van der Waals surface area contributed by atoms with Gasteiger partial charge in [-0.3, -0.25) is 0 Å². The molecule has 3 aromatic rings. The summed E-state index contributed by atoms with van der Waals surface area (Å²) < 4.78 is 10.4. The van der Waals surface area contributed by atoms with Gasteiger partial charge in [0.1, 0.15) is 6.04 Å². The van der Waals surface area contributed by atoms with Crippen LogP contribution in [0.2, 0.25) is 5.02 Å². The number of rotatable bonds is 6. The first-order chi connectivity index (χ1) is 13.9. The van der Waals surface area contributed by atoms with Crippen molar-refractivity contribution in [2.24, 2.45) is 5.73 Å². The van der Waals surface area contributed by atoms with Gasteiger partial charge in [-0.2, -0.15) is 4.98 Å². The number of benzene rings is 2. The molecule has 4 N–H and O–H groups in total. The van der Waals surface area contributed by atoms with Crippen molar-refractivity contribution in [2.45, 2.75) is 6.04 Å². The van der Waals surface area contributed by atoms with Crippen LogP contribution in [0.5, 0.6) is 11.5 Å². The van der Waals surface area contributed by atoms with E-state index >= 15 is 0 Å². The molecule has 2 aromatic carbocycles. The summed E-state index contributed by atoms with van der Waals surface area (Å²) in [6.45, 7) is -0.538. The maximum absolute atomic E-state index is 12.1. The normalized spacial score (nSPS) is 11.7. The average Bonchev–Trinajstić information content (AvgIpc) is 2.73. The van der Waals surface area contributed by atoms with E-state index in [1.165, 1.54) is 13.2 Å². The van der Waals surface area contributed by atoms with E-state index in [0.29, 0.717) is 22.0 Å². The van der Waals surface area contributed by atoms with Gasteiger partial charge in [0.05, 0.1) is 25.1 Å². The third-order valence-corrected chi connectivity index (χ3v) is 4.32. The molecule has 0 radical (unpaired) electrons. The number of aliphatic hydroxyl groups excluding tert-OH is 1. The molecule has 0 aliphatic carbocycles. The summed E-state index contributed by atoms with van der Waals surface area (Å²) in [7, 11) is 1.41. The van der Waals surface area contributed by atoms with Crippen molar-refractivity contribution in [3.63, 3.8) is 0 Å². The highest BCUT2D eigenvalue weighted by Crippen LogP contribution is 2.32. The van der Waals surface area contributed by atoms with E-state index in [2.05, 4.69) is 9.97 Å². The van der Waals surface area contributed by atoms with Crippen molar-refractivity contribution in [3.8, 4) is 34.0 Å². The Morgan fingerprint density at radius 3 is 2.52 bits per heavy atom. The molecule has 0 unspecified atom stereocenters. The quantitative estimate of drug-likeness (QED) is 0.415. The zero-order valence-corrected chi connectivity index (χ0v) is 16.1.